The minimum absolute atomic E-state index is 0. The summed E-state index contributed by atoms with van der Waals surface area (Å²) in [5, 5.41) is 0. The van der Waals surface area contributed by atoms with Crippen LogP contribution in [0.4, 0.5) is 0 Å². The Morgan fingerprint density at radius 2 is 1.03 bits per heavy atom. The topological polar surface area (TPSA) is 149 Å². The van der Waals surface area contributed by atoms with E-state index in [0.717, 1.165) is 12.8 Å². The average molecular weight is 528 g/mol. The van der Waals surface area contributed by atoms with Crippen LogP contribution in [0.25, 0.3) is 0 Å². The van der Waals surface area contributed by atoms with E-state index in [-0.39, 0.29) is 53.7 Å². The van der Waals surface area contributed by atoms with E-state index in [1.807, 2.05) is 27.7 Å². The molecule has 4 saturated carbocycles. The van der Waals surface area contributed by atoms with E-state index >= 15 is 0 Å². The molecule has 4 unspecified atom stereocenters. The Labute approximate surface area is 197 Å². The number of ketones is 2. The molecule has 0 amide bonds. The molecule has 0 aromatic carbocycles. The van der Waals surface area contributed by atoms with Gasteiger partial charge in [0, 0.05) is 23.7 Å². The molecule has 0 aliphatic heterocycles. The molecule has 0 spiro atoms. The smallest absolute Gasteiger partial charge is 0.748 e. The summed E-state index contributed by atoms with van der Waals surface area (Å²) < 4.78 is 65.4. The third-order valence-corrected chi connectivity index (χ3v) is 10.8. The molecule has 31 heavy (non-hydrogen) atoms. The van der Waals surface area contributed by atoms with Crippen LogP contribution < -0.4 is 0 Å². The number of carbonyl (C=O) groups is 2. The first-order valence-electron chi connectivity index (χ1n) is 10.3. The molecule has 0 saturated heterocycles. The first-order chi connectivity index (χ1) is 13.4. The number of rotatable bonds is 4. The molecular weight excluding hydrogens is 498 g/mol. The summed E-state index contributed by atoms with van der Waals surface area (Å²) in [5.41, 5.74) is -2.44. The Morgan fingerprint density at radius 1 is 0.742 bits per heavy atom. The van der Waals surface area contributed by atoms with Gasteiger partial charge in [-0.25, -0.2) is 16.8 Å². The fourth-order valence-corrected chi connectivity index (χ4v) is 9.38. The van der Waals surface area contributed by atoms with Gasteiger partial charge >= 0.3 is 19.5 Å². The standard InChI is InChI=1S/2C10H16O4S.Zn/c2*1-9(2)7-3-4-10(9,8(11)5-7)6-15(12,13)14;/h2*7H,3-6H2,1-2H3,(H,12,13,14);/q;;+2/p-2. The molecule has 0 heterocycles. The summed E-state index contributed by atoms with van der Waals surface area (Å²) in [7, 11) is -8.65. The molecule has 4 atom stereocenters. The Kier molecular flexibility index (Phi) is 6.91. The van der Waals surface area contributed by atoms with Crippen molar-refractivity contribution in [3.63, 3.8) is 0 Å². The minimum Gasteiger partial charge on any atom is -0.748 e. The third kappa shape index (κ3) is 4.22. The van der Waals surface area contributed by atoms with Crippen molar-refractivity contribution in [2.75, 3.05) is 11.5 Å². The summed E-state index contributed by atoms with van der Waals surface area (Å²) in [5.74, 6) is -0.560. The molecule has 0 aromatic heterocycles. The summed E-state index contributed by atoms with van der Waals surface area (Å²) in [4.78, 5) is 23.7. The molecule has 0 N–H and O–H groups in total. The van der Waals surface area contributed by atoms with Gasteiger partial charge in [-0.1, -0.05) is 27.7 Å². The van der Waals surface area contributed by atoms with Gasteiger partial charge in [-0.2, -0.15) is 0 Å². The maximum absolute atomic E-state index is 11.8. The molecule has 0 aromatic rings. The van der Waals surface area contributed by atoms with Crippen LogP contribution in [0.2, 0.25) is 0 Å². The number of hydrogen-bond acceptors (Lipinski definition) is 8. The van der Waals surface area contributed by atoms with Gasteiger partial charge in [-0.05, 0) is 48.3 Å². The second kappa shape index (κ2) is 7.93. The van der Waals surface area contributed by atoms with Crippen molar-refractivity contribution in [1.29, 1.82) is 0 Å². The first-order valence-corrected chi connectivity index (χ1v) is 13.5. The van der Waals surface area contributed by atoms with Crippen molar-refractivity contribution >= 4 is 31.8 Å². The fraction of sp³-hybridized carbons (Fsp3) is 0.900. The van der Waals surface area contributed by atoms with E-state index in [2.05, 4.69) is 0 Å². The zero-order valence-corrected chi connectivity index (χ0v) is 23.2. The zero-order valence-electron chi connectivity index (χ0n) is 18.6. The maximum atomic E-state index is 11.8. The molecule has 4 bridgehead atoms. The molecule has 172 valence electrons. The molecular formula is C20H30O8S2Zn. The van der Waals surface area contributed by atoms with E-state index in [9.17, 15) is 35.5 Å². The van der Waals surface area contributed by atoms with Crippen molar-refractivity contribution < 1.29 is 55.0 Å². The minimum atomic E-state index is -4.33. The van der Waals surface area contributed by atoms with Gasteiger partial charge in [0.1, 0.15) is 11.6 Å². The fourth-order valence-electron chi connectivity index (χ4n) is 6.82. The largest absolute Gasteiger partial charge is 2.00 e. The van der Waals surface area contributed by atoms with Crippen LogP contribution in [0.1, 0.15) is 66.2 Å². The summed E-state index contributed by atoms with van der Waals surface area (Å²) >= 11 is 0. The van der Waals surface area contributed by atoms with Crippen molar-refractivity contribution in [2.45, 2.75) is 66.2 Å². The van der Waals surface area contributed by atoms with Gasteiger partial charge < -0.3 is 9.11 Å². The van der Waals surface area contributed by atoms with E-state index in [1.165, 1.54) is 0 Å². The van der Waals surface area contributed by atoms with Gasteiger partial charge in [0.05, 0.1) is 31.7 Å². The molecule has 11 heteroatoms. The van der Waals surface area contributed by atoms with Gasteiger partial charge in [-0.3, -0.25) is 9.59 Å². The van der Waals surface area contributed by atoms with E-state index < -0.39 is 42.6 Å². The molecule has 8 nitrogen and oxygen atoms in total. The van der Waals surface area contributed by atoms with Gasteiger partial charge in [0.2, 0.25) is 0 Å². The molecule has 4 rings (SSSR count). The predicted octanol–water partition coefficient (Wildman–Crippen LogP) is 1.85. The molecule has 4 fully saturated rings. The van der Waals surface area contributed by atoms with Crippen molar-refractivity contribution in [3.8, 4) is 0 Å². The van der Waals surface area contributed by atoms with E-state index in [0.29, 0.717) is 25.7 Å². The monoisotopic (exact) mass is 526 g/mol. The quantitative estimate of drug-likeness (QED) is 0.397. The Morgan fingerprint density at radius 3 is 1.19 bits per heavy atom. The van der Waals surface area contributed by atoms with Crippen molar-refractivity contribution in [1.82, 2.24) is 0 Å². The summed E-state index contributed by atoms with van der Waals surface area (Å²) in [6.07, 6.45) is 3.75. The van der Waals surface area contributed by atoms with Crippen LogP contribution in [-0.4, -0.2) is 49.0 Å². The van der Waals surface area contributed by atoms with Crippen molar-refractivity contribution in [3.05, 3.63) is 0 Å². The van der Waals surface area contributed by atoms with Crippen LogP contribution in [0.5, 0.6) is 0 Å². The Bertz CT molecular complexity index is 905. The van der Waals surface area contributed by atoms with Gasteiger partial charge in [-0.15, -0.1) is 0 Å². The normalized spacial score (nSPS) is 37.4. The Hall–Kier alpha value is -0.217. The predicted molar refractivity (Wildman–Crippen MR) is 106 cm³/mol. The van der Waals surface area contributed by atoms with Gasteiger partial charge in [0.25, 0.3) is 0 Å². The first kappa shape index (κ1) is 27.0. The average Bonchev–Trinajstić information content (AvgIpc) is 3.05. The van der Waals surface area contributed by atoms with E-state index in [4.69, 9.17) is 0 Å². The van der Waals surface area contributed by atoms with E-state index in [1.54, 1.807) is 0 Å². The number of Topliss-reactive ketones (excluding diaryl/α,β-unsaturated/α-hetero) is 2. The Balaban J connectivity index is 0.000000213. The van der Waals surface area contributed by atoms with Crippen LogP contribution in [0, 0.1) is 33.5 Å². The van der Waals surface area contributed by atoms with Gasteiger partial charge in [0.15, 0.2) is 0 Å². The van der Waals surface area contributed by atoms with Crippen LogP contribution in [-0.2, 0) is 49.3 Å². The maximum Gasteiger partial charge on any atom is 2.00 e. The summed E-state index contributed by atoms with van der Waals surface area (Å²) in [6, 6.07) is 0. The number of hydrogen-bond donors (Lipinski definition) is 0. The number of carbonyl (C=O) groups excluding carboxylic acids is 2. The second-order valence-electron chi connectivity index (χ2n) is 10.7. The third-order valence-electron chi connectivity index (χ3n) is 9.12. The van der Waals surface area contributed by atoms with Crippen molar-refractivity contribution in [2.24, 2.45) is 33.5 Å². The molecule has 0 radical (unpaired) electrons. The summed E-state index contributed by atoms with van der Waals surface area (Å²) in [6.45, 7) is 7.67. The SMILES string of the molecule is CC1(C)C2CCC1(CS(=O)(=O)[O-])C(=O)C2.CC1(C)C2CCC1(CS(=O)(=O)[O-])C(=O)C2.[Zn+2]. The van der Waals surface area contributed by atoms with Crippen LogP contribution in [0.3, 0.4) is 0 Å². The molecule has 4 aliphatic rings. The van der Waals surface area contributed by atoms with Crippen LogP contribution in [0.15, 0.2) is 0 Å². The number of fused-ring (bicyclic) bond motifs is 4. The zero-order chi connectivity index (χ0) is 23.0. The second-order valence-corrected chi connectivity index (χ2v) is 13.5. The van der Waals surface area contributed by atoms with Crippen LogP contribution >= 0.6 is 0 Å². The molecule has 4 aliphatic carbocycles.